The maximum atomic E-state index is 11.7. The zero-order valence-corrected chi connectivity index (χ0v) is 12.2. The van der Waals surface area contributed by atoms with Gasteiger partial charge in [-0.05, 0) is 43.9 Å². The first-order valence-electron chi connectivity index (χ1n) is 6.74. The van der Waals surface area contributed by atoms with Crippen LogP contribution in [0, 0.1) is 13.8 Å². The zero-order chi connectivity index (χ0) is 15.1. The molecule has 0 aliphatic rings. The van der Waals surface area contributed by atoms with E-state index in [0.717, 1.165) is 5.56 Å². The third kappa shape index (κ3) is 4.91. The van der Waals surface area contributed by atoms with Crippen LogP contribution in [0.15, 0.2) is 18.2 Å². The summed E-state index contributed by atoms with van der Waals surface area (Å²) >= 11 is 0. The molecule has 1 unspecified atom stereocenters. The van der Waals surface area contributed by atoms with Gasteiger partial charge >= 0.3 is 12.0 Å². The Morgan fingerprint density at radius 2 is 2.00 bits per heavy atom. The number of carboxylic acid groups (broad SMARTS) is 1. The van der Waals surface area contributed by atoms with Crippen molar-refractivity contribution in [3.8, 4) is 0 Å². The Labute approximate surface area is 119 Å². The average molecular weight is 278 g/mol. The predicted molar refractivity (Wildman–Crippen MR) is 77.7 cm³/mol. The molecular weight excluding hydrogens is 256 g/mol. The molecule has 20 heavy (non-hydrogen) atoms. The minimum Gasteiger partial charge on any atom is -0.481 e. The van der Waals surface area contributed by atoms with Gasteiger partial charge < -0.3 is 15.7 Å². The van der Waals surface area contributed by atoms with Gasteiger partial charge in [0.05, 0.1) is 6.04 Å². The van der Waals surface area contributed by atoms with Gasteiger partial charge in [0.25, 0.3) is 0 Å². The number of rotatable bonds is 6. The standard InChI is InChI=1S/C15H22N2O3/c1-10-6-4-7-13(11(10)2)12(3)17-15(20)16-9-5-8-14(18)19/h4,6-7,12H,5,8-9H2,1-3H3,(H,18,19)(H2,16,17,20). The minimum absolute atomic E-state index is 0.0623. The molecule has 1 aromatic rings. The van der Waals surface area contributed by atoms with Crippen molar-refractivity contribution in [2.45, 2.75) is 39.7 Å². The highest BCUT2D eigenvalue weighted by Gasteiger charge is 2.12. The fourth-order valence-electron chi connectivity index (χ4n) is 2.01. The van der Waals surface area contributed by atoms with Gasteiger partial charge in [0.2, 0.25) is 0 Å². The van der Waals surface area contributed by atoms with Crippen molar-refractivity contribution in [2.75, 3.05) is 6.54 Å². The first kappa shape index (κ1) is 16.0. The number of aryl methyl sites for hydroxylation is 1. The molecule has 0 saturated carbocycles. The first-order chi connectivity index (χ1) is 9.41. The lowest BCUT2D eigenvalue weighted by Crippen LogP contribution is -2.37. The zero-order valence-electron chi connectivity index (χ0n) is 12.2. The number of carboxylic acids is 1. The summed E-state index contributed by atoms with van der Waals surface area (Å²) in [6.07, 6.45) is 0.493. The van der Waals surface area contributed by atoms with Gasteiger partial charge in [-0.25, -0.2) is 4.79 Å². The van der Waals surface area contributed by atoms with E-state index < -0.39 is 5.97 Å². The number of carbonyl (C=O) groups is 2. The summed E-state index contributed by atoms with van der Waals surface area (Å²) < 4.78 is 0. The van der Waals surface area contributed by atoms with Crippen molar-refractivity contribution >= 4 is 12.0 Å². The van der Waals surface area contributed by atoms with E-state index in [1.54, 1.807) is 0 Å². The summed E-state index contributed by atoms with van der Waals surface area (Å²) in [5.74, 6) is -0.851. The first-order valence-corrected chi connectivity index (χ1v) is 6.74. The Balaban J connectivity index is 2.45. The third-order valence-corrected chi connectivity index (χ3v) is 3.31. The van der Waals surface area contributed by atoms with E-state index in [1.807, 2.05) is 39.0 Å². The maximum absolute atomic E-state index is 11.7. The van der Waals surface area contributed by atoms with Crippen molar-refractivity contribution in [2.24, 2.45) is 0 Å². The van der Waals surface area contributed by atoms with Crippen molar-refractivity contribution in [1.82, 2.24) is 10.6 Å². The van der Waals surface area contributed by atoms with Gasteiger partial charge in [0.1, 0.15) is 0 Å². The second-order valence-electron chi connectivity index (χ2n) is 4.91. The largest absolute Gasteiger partial charge is 0.481 e. The van der Waals surface area contributed by atoms with Crippen molar-refractivity contribution < 1.29 is 14.7 Å². The molecule has 2 amide bonds. The van der Waals surface area contributed by atoms with Gasteiger partial charge in [-0.3, -0.25) is 4.79 Å². The number of nitrogens with one attached hydrogen (secondary N) is 2. The minimum atomic E-state index is -0.851. The molecule has 0 heterocycles. The summed E-state index contributed by atoms with van der Waals surface area (Å²) in [6, 6.07) is 5.65. The summed E-state index contributed by atoms with van der Waals surface area (Å²) in [5, 5.41) is 14.0. The molecule has 1 atom stereocenters. The van der Waals surface area contributed by atoms with Crippen molar-refractivity contribution in [3.05, 3.63) is 34.9 Å². The number of urea groups is 1. The topological polar surface area (TPSA) is 78.4 Å². The van der Waals surface area contributed by atoms with Crippen LogP contribution < -0.4 is 10.6 Å². The number of amides is 2. The molecule has 0 saturated heterocycles. The monoisotopic (exact) mass is 278 g/mol. The molecule has 0 aliphatic heterocycles. The highest BCUT2D eigenvalue weighted by atomic mass is 16.4. The summed E-state index contributed by atoms with van der Waals surface area (Å²) in [6.45, 7) is 6.36. The molecule has 0 bridgehead atoms. The Hall–Kier alpha value is -2.04. The number of carbonyl (C=O) groups excluding carboxylic acids is 1. The van der Waals surface area contributed by atoms with E-state index in [2.05, 4.69) is 10.6 Å². The van der Waals surface area contributed by atoms with Crippen LogP contribution in [0.25, 0.3) is 0 Å². The number of hydrogen-bond donors (Lipinski definition) is 3. The van der Waals surface area contributed by atoms with Gasteiger partial charge in [0, 0.05) is 13.0 Å². The highest BCUT2D eigenvalue weighted by molar-refractivity contribution is 5.74. The Bertz CT molecular complexity index is 486. The number of aliphatic carboxylic acids is 1. The fraction of sp³-hybridized carbons (Fsp3) is 0.467. The SMILES string of the molecule is Cc1cccc(C(C)NC(=O)NCCCC(=O)O)c1C. The van der Waals surface area contributed by atoms with Gasteiger partial charge in [-0.2, -0.15) is 0 Å². The second kappa shape index (κ2) is 7.53. The molecule has 0 aromatic heterocycles. The predicted octanol–water partition coefficient (Wildman–Crippen LogP) is 2.53. The molecule has 110 valence electrons. The molecule has 1 rings (SSSR count). The normalized spacial score (nSPS) is 11.8. The highest BCUT2D eigenvalue weighted by Crippen LogP contribution is 2.19. The van der Waals surface area contributed by atoms with Crippen LogP contribution in [0.1, 0.15) is 42.5 Å². The lowest BCUT2D eigenvalue weighted by atomic mass is 9.98. The number of hydrogen-bond acceptors (Lipinski definition) is 2. The van der Waals surface area contributed by atoms with Crippen LogP contribution in [0.3, 0.4) is 0 Å². The smallest absolute Gasteiger partial charge is 0.315 e. The molecule has 0 radical (unpaired) electrons. The molecule has 1 aromatic carbocycles. The second-order valence-corrected chi connectivity index (χ2v) is 4.91. The fourth-order valence-corrected chi connectivity index (χ4v) is 2.01. The Morgan fingerprint density at radius 3 is 2.65 bits per heavy atom. The Kier molecular flexibility index (Phi) is 6.03. The molecule has 0 fully saturated rings. The molecule has 5 nitrogen and oxygen atoms in total. The van der Waals surface area contributed by atoms with Crippen LogP contribution in [0.5, 0.6) is 0 Å². The van der Waals surface area contributed by atoms with Crippen LogP contribution in [0.4, 0.5) is 4.79 Å². The van der Waals surface area contributed by atoms with Crippen LogP contribution in [-0.4, -0.2) is 23.7 Å². The summed E-state index contributed by atoms with van der Waals surface area (Å²) in [5.41, 5.74) is 3.45. The van der Waals surface area contributed by atoms with Crippen molar-refractivity contribution in [1.29, 1.82) is 0 Å². The average Bonchev–Trinajstić information content (AvgIpc) is 2.37. The quantitative estimate of drug-likeness (QED) is 0.700. The van der Waals surface area contributed by atoms with E-state index in [0.29, 0.717) is 13.0 Å². The molecule has 0 aliphatic carbocycles. The maximum Gasteiger partial charge on any atom is 0.315 e. The third-order valence-electron chi connectivity index (χ3n) is 3.31. The summed E-state index contributed by atoms with van der Waals surface area (Å²) in [7, 11) is 0. The lowest BCUT2D eigenvalue weighted by Gasteiger charge is -2.18. The molecular formula is C15H22N2O3. The lowest BCUT2D eigenvalue weighted by molar-refractivity contribution is -0.137. The van der Waals surface area contributed by atoms with E-state index in [9.17, 15) is 9.59 Å². The number of benzene rings is 1. The molecule has 3 N–H and O–H groups in total. The van der Waals surface area contributed by atoms with Gasteiger partial charge in [0.15, 0.2) is 0 Å². The van der Waals surface area contributed by atoms with Gasteiger partial charge in [-0.1, -0.05) is 18.2 Å². The summed E-state index contributed by atoms with van der Waals surface area (Å²) in [4.78, 5) is 22.0. The van der Waals surface area contributed by atoms with E-state index in [4.69, 9.17) is 5.11 Å². The van der Waals surface area contributed by atoms with Gasteiger partial charge in [-0.15, -0.1) is 0 Å². The molecule has 5 heteroatoms. The van der Waals surface area contributed by atoms with Crippen LogP contribution in [-0.2, 0) is 4.79 Å². The van der Waals surface area contributed by atoms with Crippen LogP contribution in [0.2, 0.25) is 0 Å². The Morgan fingerprint density at radius 1 is 1.30 bits per heavy atom. The van der Waals surface area contributed by atoms with E-state index in [1.165, 1.54) is 11.1 Å². The van der Waals surface area contributed by atoms with E-state index >= 15 is 0 Å². The van der Waals surface area contributed by atoms with Crippen molar-refractivity contribution in [3.63, 3.8) is 0 Å². The van der Waals surface area contributed by atoms with Crippen LogP contribution >= 0.6 is 0 Å². The molecule has 0 spiro atoms. The van der Waals surface area contributed by atoms with E-state index in [-0.39, 0.29) is 18.5 Å².